The lowest BCUT2D eigenvalue weighted by Gasteiger charge is -2.14. The van der Waals surface area contributed by atoms with Crippen LogP contribution in [0.15, 0.2) is 41.8 Å². The molecule has 0 N–H and O–H groups in total. The third kappa shape index (κ3) is 2.56. The number of hydrogen-bond donors (Lipinski definition) is 0. The molecule has 2 aromatic heterocycles. The lowest BCUT2D eigenvalue weighted by Crippen LogP contribution is -2.24. The van der Waals surface area contributed by atoms with Gasteiger partial charge in [-0.1, -0.05) is 12.1 Å². The van der Waals surface area contributed by atoms with Crippen molar-refractivity contribution in [1.29, 1.82) is 0 Å². The second kappa shape index (κ2) is 5.33. The number of amides is 1. The Balaban J connectivity index is 2.06. The largest absolute Gasteiger partial charge is 0.343 e. The molecule has 3 nitrogen and oxygen atoms in total. The minimum atomic E-state index is -0.253. The number of carbonyl (C=O) groups is 1. The van der Waals surface area contributed by atoms with Crippen LogP contribution < -0.4 is 0 Å². The molecule has 0 radical (unpaired) electrons. The van der Waals surface area contributed by atoms with Crippen LogP contribution in [0.5, 0.6) is 0 Å². The standard InChI is InChI=1S/C16H15FN2OS/c1-18(2)16(20)14-9-15-13(7-8-21-15)19(14)10-11-3-5-12(17)6-4-11/h3-9H,10H2,1-2H3. The average molecular weight is 302 g/mol. The van der Waals surface area contributed by atoms with Crippen molar-refractivity contribution in [2.75, 3.05) is 14.1 Å². The third-order valence-electron chi connectivity index (χ3n) is 3.40. The van der Waals surface area contributed by atoms with Gasteiger partial charge in [-0.05, 0) is 35.2 Å². The lowest BCUT2D eigenvalue weighted by molar-refractivity contribution is 0.0818. The number of benzene rings is 1. The zero-order valence-corrected chi connectivity index (χ0v) is 12.7. The van der Waals surface area contributed by atoms with E-state index in [1.165, 1.54) is 12.1 Å². The monoisotopic (exact) mass is 302 g/mol. The van der Waals surface area contributed by atoms with Gasteiger partial charge in [0.15, 0.2) is 0 Å². The van der Waals surface area contributed by atoms with E-state index in [0.717, 1.165) is 15.8 Å². The van der Waals surface area contributed by atoms with Crippen LogP contribution in [0.3, 0.4) is 0 Å². The van der Waals surface area contributed by atoms with Crippen molar-refractivity contribution in [3.63, 3.8) is 0 Å². The molecule has 0 unspecified atom stereocenters. The Morgan fingerprint density at radius 2 is 1.95 bits per heavy atom. The van der Waals surface area contributed by atoms with E-state index in [1.54, 1.807) is 42.5 Å². The Hall–Kier alpha value is -2.14. The molecule has 2 heterocycles. The topological polar surface area (TPSA) is 25.2 Å². The Morgan fingerprint density at radius 1 is 1.24 bits per heavy atom. The van der Waals surface area contributed by atoms with Crippen molar-refractivity contribution < 1.29 is 9.18 Å². The van der Waals surface area contributed by atoms with Crippen LogP contribution in [0.25, 0.3) is 10.2 Å². The Bertz CT molecular complexity index is 786. The fourth-order valence-corrected chi connectivity index (χ4v) is 3.15. The predicted octanol–water partition coefficient (Wildman–Crippen LogP) is 3.59. The molecule has 0 aliphatic carbocycles. The fraction of sp³-hybridized carbons (Fsp3) is 0.188. The van der Waals surface area contributed by atoms with Crippen molar-refractivity contribution in [3.8, 4) is 0 Å². The summed E-state index contributed by atoms with van der Waals surface area (Å²) in [6.07, 6.45) is 0. The molecule has 1 amide bonds. The summed E-state index contributed by atoms with van der Waals surface area (Å²) in [5.74, 6) is -0.281. The first-order valence-electron chi connectivity index (χ1n) is 6.59. The molecule has 0 atom stereocenters. The molecule has 3 rings (SSSR count). The number of fused-ring (bicyclic) bond motifs is 1. The van der Waals surface area contributed by atoms with Gasteiger partial charge in [-0.3, -0.25) is 4.79 Å². The van der Waals surface area contributed by atoms with Gasteiger partial charge in [0.05, 0.1) is 10.2 Å². The van der Waals surface area contributed by atoms with Crippen LogP contribution in [0.1, 0.15) is 16.1 Å². The number of rotatable bonds is 3. The fourth-order valence-electron chi connectivity index (χ4n) is 2.33. The summed E-state index contributed by atoms with van der Waals surface area (Å²) in [7, 11) is 3.48. The van der Waals surface area contributed by atoms with Gasteiger partial charge in [0.25, 0.3) is 5.91 Å². The van der Waals surface area contributed by atoms with E-state index in [1.807, 2.05) is 22.1 Å². The summed E-state index contributed by atoms with van der Waals surface area (Å²) >= 11 is 1.61. The normalized spacial score (nSPS) is 11.0. The van der Waals surface area contributed by atoms with Crippen LogP contribution in [-0.2, 0) is 6.54 Å². The first-order valence-corrected chi connectivity index (χ1v) is 7.47. The highest BCUT2D eigenvalue weighted by Crippen LogP contribution is 2.26. The highest BCUT2D eigenvalue weighted by atomic mass is 32.1. The molecule has 0 saturated heterocycles. The summed E-state index contributed by atoms with van der Waals surface area (Å²) in [6, 6.07) is 10.3. The van der Waals surface area contributed by atoms with Gasteiger partial charge in [-0.2, -0.15) is 0 Å². The maximum atomic E-state index is 13.0. The summed E-state index contributed by atoms with van der Waals surface area (Å²) in [5, 5.41) is 2.01. The summed E-state index contributed by atoms with van der Waals surface area (Å²) in [4.78, 5) is 13.9. The van der Waals surface area contributed by atoms with E-state index in [4.69, 9.17) is 0 Å². The molecule has 3 aromatic rings. The number of hydrogen-bond acceptors (Lipinski definition) is 2. The van der Waals surface area contributed by atoms with Crippen LogP contribution in [0.2, 0.25) is 0 Å². The Morgan fingerprint density at radius 3 is 2.62 bits per heavy atom. The third-order valence-corrected chi connectivity index (χ3v) is 4.26. The SMILES string of the molecule is CN(C)C(=O)c1cc2sccc2n1Cc1ccc(F)cc1. The molecule has 21 heavy (non-hydrogen) atoms. The van der Waals surface area contributed by atoms with E-state index in [0.29, 0.717) is 12.2 Å². The van der Waals surface area contributed by atoms with E-state index < -0.39 is 0 Å². The first-order chi connectivity index (χ1) is 10.1. The number of nitrogens with zero attached hydrogens (tertiary/aromatic N) is 2. The zero-order valence-electron chi connectivity index (χ0n) is 11.8. The Kier molecular flexibility index (Phi) is 3.51. The summed E-state index contributed by atoms with van der Waals surface area (Å²) in [5.41, 5.74) is 2.66. The van der Waals surface area contributed by atoms with Crippen molar-refractivity contribution in [2.45, 2.75) is 6.54 Å². The zero-order chi connectivity index (χ0) is 15.0. The van der Waals surface area contributed by atoms with Gasteiger partial charge in [0.1, 0.15) is 11.5 Å². The van der Waals surface area contributed by atoms with E-state index in [9.17, 15) is 9.18 Å². The second-order valence-electron chi connectivity index (χ2n) is 5.11. The quantitative estimate of drug-likeness (QED) is 0.726. The number of halogens is 1. The number of carbonyl (C=O) groups excluding carboxylic acids is 1. The van der Waals surface area contributed by atoms with Crippen LogP contribution in [-0.4, -0.2) is 29.5 Å². The maximum Gasteiger partial charge on any atom is 0.270 e. The van der Waals surface area contributed by atoms with E-state index in [-0.39, 0.29) is 11.7 Å². The molecule has 0 aliphatic heterocycles. The molecule has 0 fully saturated rings. The van der Waals surface area contributed by atoms with Gasteiger partial charge in [-0.15, -0.1) is 11.3 Å². The highest BCUT2D eigenvalue weighted by Gasteiger charge is 2.18. The van der Waals surface area contributed by atoms with Gasteiger partial charge >= 0.3 is 0 Å². The van der Waals surface area contributed by atoms with E-state index >= 15 is 0 Å². The van der Waals surface area contributed by atoms with Gasteiger partial charge in [-0.25, -0.2) is 4.39 Å². The minimum absolute atomic E-state index is 0.0273. The average Bonchev–Trinajstić information content (AvgIpc) is 3.03. The smallest absolute Gasteiger partial charge is 0.270 e. The molecule has 0 spiro atoms. The van der Waals surface area contributed by atoms with Gasteiger partial charge in [0, 0.05) is 20.6 Å². The van der Waals surface area contributed by atoms with Crippen molar-refractivity contribution in [2.24, 2.45) is 0 Å². The molecule has 0 saturated carbocycles. The molecule has 1 aromatic carbocycles. The molecule has 5 heteroatoms. The molecular weight excluding hydrogens is 287 g/mol. The summed E-state index contributed by atoms with van der Waals surface area (Å²) in [6.45, 7) is 0.551. The molecular formula is C16H15FN2OS. The van der Waals surface area contributed by atoms with Gasteiger partial charge < -0.3 is 9.47 Å². The molecule has 0 bridgehead atoms. The van der Waals surface area contributed by atoms with Crippen molar-refractivity contribution in [3.05, 3.63) is 58.9 Å². The predicted molar refractivity (Wildman–Crippen MR) is 83.3 cm³/mol. The van der Waals surface area contributed by atoms with Crippen molar-refractivity contribution in [1.82, 2.24) is 9.47 Å². The summed E-state index contributed by atoms with van der Waals surface area (Å²) < 4.78 is 16.1. The molecule has 108 valence electrons. The first kappa shape index (κ1) is 13.8. The van der Waals surface area contributed by atoms with Crippen molar-refractivity contribution >= 4 is 27.5 Å². The number of thiophene rings is 1. The lowest BCUT2D eigenvalue weighted by atomic mass is 10.2. The van der Waals surface area contributed by atoms with Gasteiger partial charge in [0.2, 0.25) is 0 Å². The van der Waals surface area contributed by atoms with Crippen LogP contribution >= 0.6 is 11.3 Å². The van der Waals surface area contributed by atoms with E-state index in [2.05, 4.69) is 0 Å². The van der Waals surface area contributed by atoms with Crippen LogP contribution in [0.4, 0.5) is 4.39 Å². The highest BCUT2D eigenvalue weighted by molar-refractivity contribution is 7.17. The van der Waals surface area contributed by atoms with Crippen LogP contribution in [0, 0.1) is 5.82 Å². The minimum Gasteiger partial charge on any atom is -0.343 e. The number of aromatic nitrogens is 1. The molecule has 0 aliphatic rings. The Labute approximate surface area is 126 Å². The second-order valence-corrected chi connectivity index (χ2v) is 6.06. The maximum absolute atomic E-state index is 13.0.